The second-order valence-electron chi connectivity index (χ2n) is 3.96. The van der Waals surface area contributed by atoms with Gasteiger partial charge in [-0.25, -0.2) is 4.98 Å². The Balaban J connectivity index is 2.09. The topological polar surface area (TPSA) is 48.7 Å². The number of nitrogens with one attached hydrogen (secondary N) is 1. The molecule has 0 fully saturated rings. The van der Waals surface area contributed by atoms with Crippen LogP contribution in [0.15, 0.2) is 40.9 Å². The normalized spacial score (nSPS) is 9.83. The van der Waals surface area contributed by atoms with Crippen molar-refractivity contribution in [3.05, 3.63) is 57.7 Å². The van der Waals surface area contributed by atoms with E-state index in [1.165, 1.54) is 0 Å². The smallest absolute Gasteiger partial charge is 0.145 e. The van der Waals surface area contributed by atoms with Crippen LogP contribution >= 0.6 is 15.9 Å². The van der Waals surface area contributed by atoms with Gasteiger partial charge in [0.2, 0.25) is 0 Å². The fourth-order valence-electron chi connectivity index (χ4n) is 1.58. The molecule has 0 spiro atoms. The Kier molecular flexibility index (Phi) is 3.96. The summed E-state index contributed by atoms with van der Waals surface area (Å²) in [4.78, 5) is 4.24. The molecule has 2 rings (SSSR count). The van der Waals surface area contributed by atoms with E-state index < -0.39 is 0 Å². The van der Waals surface area contributed by atoms with Crippen molar-refractivity contribution in [1.82, 2.24) is 4.98 Å². The van der Waals surface area contributed by atoms with Crippen LogP contribution in [-0.2, 0) is 6.54 Å². The van der Waals surface area contributed by atoms with Gasteiger partial charge in [0.25, 0.3) is 0 Å². The van der Waals surface area contributed by atoms with Crippen molar-refractivity contribution in [2.24, 2.45) is 0 Å². The summed E-state index contributed by atoms with van der Waals surface area (Å²) in [7, 11) is 0. The minimum Gasteiger partial charge on any atom is -0.366 e. The third-order valence-corrected chi connectivity index (χ3v) is 3.06. The number of hydrogen-bond acceptors (Lipinski definition) is 3. The predicted octanol–water partition coefficient (Wildman–Crippen LogP) is 3.64. The molecule has 0 aliphatic rings. The van der Waals surface area contributed by atoms with Gasteiger partial charge < -0.3 is 5.32 Å². The zero-order valence-electron chi connectivity index (χ0n) is 9.94. The monoisotopic (exact) mass is 301 g/mol. The number of nitrogens with zero attached hydrogens (tertiary/aromatic N) is 2. The van der Waals surface area contributed by atoms with Crippen LogP contribution in [-0.4, -0.2) is 4.98 Å². The molecule has 18 heavy (non-hydrogen) atoms. The number of benzene rings is 1. The zero-order valence-corrected chi connectivity index (χ0v) is 11.5. The van der Waals surface area contributed by atoms with Gasteiger partial charge in [-0.1, -0.05) is 34.1 Å². The lowest BCUT2D eigenvalue weighted by Crippen LogP contribution is -2.02. The SMILES string of the molecule is Cc1ccc(NCc2cccc(Br)c2)nc1C#N. The molecule has 1 aromatic heterocycles. The first-order chi connectivity index (χ1) is 8.69. The Morgan fingerprint density at radius 1 is 1.33 bits per heavy atom. The first-order valence-corrected chi connectivity index (χ1v) is 6.34. The molecule has 0 amide bonds. The Hall–Kier alpha value is -1.86. The van der Waals surface area contributed by atoms with E-state index in [-0.39, 0.29) is 0 Å². The Labute approximate surface area is 115 Å². The van der Waals surface area contributed by atoms with E-state index in [0.717, 1.165) is 21.4 Å². The van der Waals surface area contributed by atoms with Gasteiger partial charge in [-0.05, 0) is 36.2 Å². The van der Waals surface area contributed by atoms with Gasteiger partial charge in [0.05, 0.1) is 0 Å². The second-order valence-corrected chi connectivity index (χ2v) is 4.87. The number of aryl methyl sites for hydroxylation is 1. The maximum Gasteiger partial charge on any atom is 0.145 e. The molecule has 1 N–H and O–H groups in total. The minimum absolute atomic E-state index is 0.467. The van der Waals surface area contributed by atoms with E-state index in [1.807, 2.05) is 43.3 Å². The number of halogens is 1. The highest BCUT2D eigenvalue weighted by Gasteiger charge is 2.01. The molecule has 90 valence electrons. The number of hydrogen-bond donors (Lipinski definition) is 1. The summed E-state index contributed by atoms with van der Waals surface area (Å²) in [6.07, 6.45) is 0. The summed E-state index contributed by atoms with van der Waals surface area (Å²) in [6, 6.07) is 13.9. The molecule has 0 saturated carbocycles. The van der Waals surface area contributed by atoms with E-state index in [1.54, 1.807) is 0 Å². The molecule has 0 aliphatic heterocycles. The van der Waals surface area contributed by atoms with Crippen molar-refractivity contribution < 1.29 is 0 Å². The molecule has 4 heteroatoms. The molecular formula is C14H12BrN3. The number of pyridine rings is 1. The first kappa shape index (κ1) is 12.6. The number of nitriles is 1. The molecule has 1 aromatic carbocycles. The molecule has 0 bridgehead atoms. The summed E-state index contributed by atoms with van der Waals surface area (Å²) in [5.41, 5.74) is 2.52. The summed E-state index contributed by atoms with van der Waals surface area (Å²) >= 11 is 3.43. The van der Waals surface area contributed by atoms with Crippen LogP contribution in [0.1, 0.15) is 16.8 Å². The fourth-order valence-corrected chi connectivity index (χ4v) is 2.03. The molecule has 0 atom stereocenters. The predicted molar refractivity (Wildman–Crippen MR) is 75.2 cm³/mol. The van der Waals surface area contributed by atoms with Gasteiger partial charge in [-0.15, -0.1) is 0 Å². The minimum atomic E-state index is 0.467. The number of aromatic nitrogens is 1. The van der Waals surface area contributed by atoms with Gasteiger partial charge >= 0.3 is 0 Å². The lowest BCUT2D eigenvalue weighted by Gasteiger charge is -2.07. The highest BCUT2D eigenvalue weighted by molar-refractivity contribution is 9.10. The molecule has 3 nitrogen and oxygen atoms in total. The van der Waals surface area contributed by atoms with Crippen LogP contribution in [0.3, 0.4) is 0 Å². The van der Waals surface area contributed by atoms with E-state index >= 15 is 0 Å². The fraction of sp³-hybridized carbons (Fsp3) is 0.143. The standard InChI is InChI=1S/C14H12BrN3/c1-10-5-6-14(18-13(10)8-16)17-9-11-3-2-4-12(15)7-11/h2-7H,9H2,1H3,(H,17,18). The van der Waals surface area contributed by atoms with E-state index in [9.17, 15) is 0 Å². The van der Waals surface area contributed by atoms with Crippen LogP contribution in [0.5, 0.6) is 0 Å². The van der Waals surface area contributed by atoms with E-state index in [0.29, 0.717) is 12.2 Å². The second kappa shape index (κ2) is 5.65. The average Bonchev–Trinajstić information content (AvgIpc) is 2.38. The van der Waals surface area contributed by atoms with Crippen molar-refractivity contribution in [2.45, 2.75) is 13.5 Å². The molecule has 0 aliphatic carbocycles. The molecule has 0 saturated heterocycles. The molecule has 0 unspecified atom stereocenters. The van der Waals surface area contributed by atoms with Crippen LogP contribution in [0, 0.1) is 18.3 Å². The van der Waals surface area contributed by atoms with Gasteiger partial charge in [0, 0.05) is 11.0 Å². The van der Waals surface area contributed by atoms with Gasteiger partial charge in [-0.2, -0.15) is 5.26 Å². The Bertz CT molecular complexity index is 602. The lowest BCUT2D eigenvalue weighted by atomic mass is 10.2. The van der Waals surface area contributed by atoms with Crippen LogP contribution in [0.2, 0.25) is 0 Å². The number of rotatable bonds is 3. The summed E-state index contributed by atoms with van der Waals surface area (Å²) < 4.78 is 1.05. The highest BCUT2D eigenvalue weighted by Crippen LogP contribution is 2.14. The Morgan fingerprint density at radius 2 is 2.17 bits per heavy atom. The maximum absolute atomic E-state index is 8.92. The van der Waals surface area contributed by atoms with E-state index in [2.05, 4.69) is 32.3 Å². The third-order valence-electron chi connectivity index (χ3n) is 2.57. The van der Waals surface area contributed by atoms with Gasteiger partial charge in [0.15, 0.2) is 0 Å². The summed E-state index contributed by atoms with van der Waals surface area (Å²) in [5, 5.41) is 12.1. The van der Waals surface area contributed by atoms with Crippen molar-refractivity contribution in [2.75, 3.05) is 5.32 Å². The molecular weight excluding hydrogens is 290 g/mol. The van der Waals surface area contributed by atoms with Gasteiger partial charge in [-0.3, -0.25) is 0 Å². The quantitative estimate of drug-likeness (QED) is 0.941. The van der Waals surface area contributed by atoms with Crippen molar-refractivity contribution in [3.8, 4) is 6.07 Å². The molecule has 2 aromatic rings. The largest absolute Gasteiger partial charge is 0.366 e. The molecule has 0 radical (unpaired) electrons. The summed E-state index contributed by atoms with van der Waals surface area (Å²) in [5.74, 6) is 0.720. The zero-order chi connectivity index (χ0) is 13.0. The Morgan fingerprint density at radius 3 is 2.89 bits per heavy atom. The van der Waals surface area contributed by atoms with Crippen LogP contribution in [0.25, 0.3) is 0 Å². The van der Waals surface area contributed by atoms with Crippen molar-refractivity contribution in [3.63, 3.8) is 0 Å². The molecule has 1 heterocycles. The summed E-state index contributed by atoms with van der Waals surface area (Å²) in [6.45, 7) is 2.56. The van der Waals surface area contributed by atoms with Gasteiger partial charge in [0.1, 0.15) is 17.6 Å². The van der Waals surface area contributed by atoms with Crippen LogP contribution < -0.4 is 5.32 Å². The van der Waals surface area contributed by atoms with Crippen LogP contribution in [0.4, 0.5) is 5.82 Å². The lowest BCUT2D eigenvalue weighted by molar-refractivity contribution is 1.09. The number of anilines is 1. The van der Waals surface area contributed by atoms with Crippen molar-refractivity contribution >= 4 is 21.7 Å². The maximum atomic E-state index is 8.92. The average molecular weight is 302 g/mol. The van der Waals surface area contributed by atoms with Crippen molar-refractivity contribution in [1.29, 1.82) is 5.26 Å². The highest BCUT2D eigenvalue weighted by atomic mass is 79.9. The first-order valence-electron chi connectivity index (χ1n) is 5.55. The van der Waals surface area contributed by atoms with E-state index in [4.69, 9.17) is 5.26 Å². The third kappa shape index (κ3) is 3.08.